The molecule has 2 atom stereocenters. The number of hydrogen-bond donors (Lipinski definition) is 1. The van der Waals surface area contributed by atoms with Gasteiger partial charge in [-0.25, -0.2) is 14.8 Å². The van der Waals surface area contributed by atoms with E-state index in [0.29, 0.717) is 23.9 Å². The highest BCUT2D eigenvalue weighted by atomic mass is 32.2. The van der Waals surface area contributed by atoms with Gasteiger partial charge in [-0.1, -0.05) is 11.8 Å². The van der Waals surface area contributed by atoms with E-state index in [1.807, 2.05) is 13.2 Å². The summed E-state index contributed by atoms with van der Waals surface area (Å²) in [7, 11) is 1.54. The van der Waals surface area contributed by atoms with Crippen molar-refractivity contribution in [1.29, 1.82) is 0 Å². The summed E-state index contributed by atoms with van der Waals surface area (Å²) in [6.07, 6.45) is 3.84. The Labute approximate surface area is 127 Å². The molecule has 0 aliphatic heterocycles. The third-order valence-corrected chi connectivity index (χ3v) is 3.55. The quantitative estimate of drug-likeness (QED) is 0.436. The summed E-state index contributed by atoms with van der Waals surface area (Å²) in [4.78, 5) is 32.5. The molecule has 1 N–H and O–H groups in total. The maximum absolute atomic E-state index is 11.4. The largest absolute Gasteiger partial charge is 0.480 e. The smallest absolute Gasteiger partial charge is 0.326 e. The SMILES string of the molecule is COCC(C)N(c1nc(SC)ncc1C=O)[C@@H](C)C(=O)O. The van der Waals surface area contributed by atoms with Crippen molar-refractivity contribution in [3.8, 4) is 0 Å². The van der Waals surface area contributed by atoms with Crippen LogP contribution in [0.25, 0.3) is 0 Å². The highest BCUT2D eigenvalue weighted by molar-refractivity contribution is 7.98. The van der Waals surface area contributed by atoms with Gasteiger partial charge in [-0.15, -0.1) is 0 Å². The zero-order chi connectivity index (χ0) is 16.0. The molecule has 1 aromatic rings. The Morgan fingerprint density at radius 2 is 2.24 bits per heavy atom. The van der Waals surface area contributed by atoms with Crippen molar-refractivity contribution in [3.05, 3.63) is 11.8 Å². The number of aliphatic carboxylic acids is 1. The van der Waals surface area contributed by atoms with Crippen molar-refractivity contribution >= 4 is 29.8 Å². The topological polar surface area (TPSA) is 92.6 Å². The minimum Gasteiger partial charge on any atom is -0.480 e. The molecule has 1 rings (SSSR count). The van der Waals surface area contributed by atoms with Gasteiger partial charge in [0.15, 0.2) is 11.4 Å². The lowest BCUT2D eigenvalue weighted by Crippen LogP contribution is -2.47. The van der Waals surface area contributed by atoms with Crippen LogP contribution in [-0.4, -0.2) is 59.4 Å². The van der Waals surface area contributed by atoms with Crippen molar-refractivity contribution in [2.75, 3.05) is 24.9 Å². The summed E-state index contributed by atoms with van der Waals surface area (Å²) < 4.78 is 5.09. The fourth-order valence-electron chi connectivity index (χ4n) is 1.97. The average molecular weight is 313 g/mol. The van der Waals surface area contributed by atoms with E-state index in [2.05, 4.69) is 9.97 Å². The number of carboxylic acids is 1. The van der Waals surface area contributed by atoms with E-state index in [0.717, 1.165) is 0 Å². The van der Waals surface area contributed by atoms with Crippen LogP contribution < -0.4 is 4.90 Å². The number of anilines is 1. The maximum Gasteiger partial charge on any atom is 0.326 e. The molecule has 0 saturated carbocycles. The molecule has 0 amide bonds. The van der Waals surface area contributed by atoms with Gasteiger partial charge in [-0.3, -0.25) is 4.79 Å². The third-order valence-electron chi connectivity index (χ3n) is 2.99. The van der Waals surface area contributed by atoms with E-state index in [1.165, 1.54) is 25.1 Å². The molecule has 0 aliphatic carbocycles. The van der Waals surface area contributed by atoms with E-state index < -0.39 is 12.0 Å². The summed E-state index contributed by atoms with van der Waals surface area (Å²) in [6, 6.07) is -1.11. The van der Waals surface area contributed by atoms with E-state index in [1.54, 1.807) is 11.8 Å². The number of aromatic nitrogens is 2. The summed E-state index contributed by atoms with van der Waals surface area (Å²) in [5.74, 6) is -0.692. The van der Waals surface area contributed by atoms with E-state index in [4.69, 9.17) is 4.74 Å². The average Bonchev–Trinajstić information content (AvgIpc) is 2.47. The minimum absolute atomic E-state index is 0.254. The molecule has 0 aromatic carbocycles. The van der Waals surface area contributed by atoms with Gasteiger partial charge in [0, 0.05) is 13.3 Å². The molecule has 0 fully saturated rings. The number of carboxylic acid groups (broad SMARTS) is 1. The standard InChI is InChI=1S/C13H19N3O4S/c1-8(7-20-3)16(9(2)12(18)19)11-10(6-17)5-14-13(15-11)21-4/h5-6,8-9H,7H2,1-4H3,(H,18,19)/t8?,9-/m0/s1. The Bertz CT molecular complexity index is 512. The summed E-state index contributed by atoms with van der Waals surface area (Å²) in [5.41, 5.74) is 0.254. The van der Waals surface area contributed by atoms with Gasteiger partial charge in [0.2, 0.25) is 0 Å². The first-order valence-electron chi connectivity index (χ1n) is 6.32. The van der Waals surface area contributed by atoms with Gasteiger partial charge < -0.3 is 14.7 Å². The van der Waals surface area contributed by atoms with Crippen LogP contribution in [0.5, 0.6) is 0 Å². The molecule has 1 aromatic heterocycles. The molecule has 0 aliphatic rings. The number of ether oxygens (including phenoxy) is 1. The fraction of sp³-hybridized carbons (Fsp3) is 0.538. The number of carbonyl (C=O) groups excluding carboxylic acids is 1. The van der Waals surface area contributed by atoms with Gasteiger partial charge in [0.25, 0.3) is 0 Å². The number of hydrogen-bond acceptors (Lipinski definition) is 7. The Balaban J connectivity index is 3.36. The Hall–Kier alpha value is -1.67. The maximum atomic E-state index is 11.4. The van der Waals surface area contributed by atoms with Crippen molar-refractivity contribution < 1.29 is 19.4 Å². The second-order valence-corrected chi connectivity index (χ2v) is 5.25. The van der Waals surface area contributed by atoms with E-state index >= 15 is 0 Å². The first-order chi connectivity index (χ1) is 9.96. The van der Waals surface area contributed by atoms with Crippen LogP contribution in [0, 0.1) is 0 Å². The Morgan fingerprint density at radius 3 is 2.71 bits per heavy atom. The van der Waals surface area contributed by atoms with Crippen LogP contribution in [0.3, 0.4) is 0 Å². The van der Waals surface area contributed by atoms with Crippen LogP contribution in [0.4, 0.5) is 5.82 Å². The zero-order valence-corrected chi connectivity index (χ0v) is 13.3. The number of thioether (sulfide) groups is 1. The van der Waals surface area contributed by atoms with Crippen molar-refractivity contribution in [2.45, 2.75) is 31.1 Å². The molecule has 0 spiro atoms. The van der Waals surface area contributed by atoms with Crippen LogP contribution in [0.2, 0.25) is 0 Å². The number of aldehydes is 1. The van der Waals surface area contributed by atoms with Gasteiger partial charge in [0.05, 0.1) is 18.2 Å². The monoisotopic (exact) mass is 313 g/mol. The molecule has 116 valence electrons. The summed E-state index contributed by atoms with van der Waals surface area (Å²) in [6.45, 7) is 3.68. The van der Waals surface area contributed by atoms with Crippen molar-refractivity contribution in [3.63, 3.8) is 0 Å². The highest BCUT2D eigenvalue weighted by Gasteiger charge is 2.29. The van der Waals surface area contributed by atoms with E-state index in [-0.39, 0.29) is 11.6 Å². The number of nitrogens with zero attached hydrogens (tertiary/aromatic N) is 3. The van der Waals surface area contributed by atoms with Gasteiger partial charge in [-0.2, -0.15) is 0 Å². The summed E-state index contributed by atoms with van der Waals surface area (Å²) in [5, 5.41) is 9.78. The first kappa shape index (κ1) is 17.4. The molecule has 1 heterocycles. The molecule has 21 heavy (non-hydrogen) atoms. The Kier molecular flexibility index (Phi) is 6.57. The third kappa shape index (κ3) is 4.15. The molecule has 1 unspecified atom stereocenters. The predicted molar refractivity (Wildman–Crippen MR) is 80.1 cm³/mol. The van der Waals surface area contributed by atoms with Crippen LogP contribution in [0.1, 0.15) is 24.2 Å². The number of carbonyl (C=O) groups is 2. The molecular formula is C13H19N3O4S. The predicted octanol–water partition coefficient (Wildman–Crippen LogP) is 1.33. The lowest BCUT2D eigenvalue weighted by Gasteiger charge is -2.33. The van der Waals surface area contributed by atoms with Crippen molar-refractivity contribution in [1.82, 2.24) is 9.97 Å². The van der Waals surface area contributed by atoms with Crippen LogP contribution >= 0.6 is 11.8 Å². The number of rotatable bonds is 8. The van der Waals surface area contributed by atoms with Gasteiger partial charge >= 0.3 is 5.97 Å². The lowest BCUT2D eigenvalue weighted by molar-refractivity contribution is -0.138. The molecule has 8 heteroatoms. The second-order valence-electron chi connectivity index (χ2n) is 4.48. The van der Waals surface area contributed by atoms with Crippen LogP contribution in [0.15, 0.2) is 11.4 Å². The minimum atomic E-state index is -1.00. The number of methoxy groups -OCH3 is 1. The molecule has 0 saturated heterocycles. The van der Waals surface area contributed by atoms with Gasteiger partial charge in [0.1, 0.15) is 11.9 Å². The second kappa shape index (κ2) is 7.94. The van der Waals surface area contributed by atoms with E-state index in [9.17, 15) is 14.7 Å². The van der Waals surface area contributed by atoms with Crippen LogP contribution in [-0.2, 0) is 9.53 Å². The molecule has 0 bridgehead atoms. The lowest BCUT2D eigenvalue weighted by atomic mass is 10.1. The molecule has 7 nitrogen and oxygen atoms in total. The fourth-order valence-corrected chi connectivity index (χ4v) is 2.31. The molecular weight excluding hydrogens is 294 g/mol. The summed E-state index contributed by atoms with van der Waals surface area (Å²) >= 11 is 1.32. The first-order valence-corrected chi connectivity index (χ1v) is 7.55. The normalized spacial score (nSPS) is 13.5. The highest BCUT2D eigenvalue weighted by Crippen LogP contribution is 2.24. The zero-order valence-electron chi connectivity index (χ0n) is 12.4. The Morgan fingerprint density at radius 1 is 1.57 bits per heavy atom. The van der Waals surface area contributed by atoms with Gasteiger partial charge in [-0.05, 0) is 20.1 Å². The molecule has 0 radical (unpaired) electrons. The van der Waals surface area contributed by atoms with Crippen molar-refractivity contribution in [2.24, 2.45) is 0 Å².